The molecule has 1 aromatic carbocycles. The lowest BCUT2D eigenvalue weighted by Crippen LogP contribution is -2.40. The molecule has 1 aliphatic heterocycles. The predicted octanol–water partition coefficient (Wildman–Crippen LogP) is 1.03. The van der Waals surface area contributed by atoms with Gasteiger partial charge in [0.25, 0.3) is 5.91 Å². The SMILES string of the molecule is COc1ccc(-c2onc(N3CCCC3)c2C(=O)NC(CO)CO)cc1. The van der Waals surface area contributed by atoms with E-state index in [2.05, 4.69) is 10.5 Å². The van der Waals surface area contributed by atoms with Crippen LogP contribution in [0.3, 0.4) is 0 Å². The normalized spacial score (nSPS) is 14.1. The maximum atomic E-state index is 12.8. The van der Waals surface area contributed by atoms with E-state index in [4.69, 9.17) is 9.26 Å². The van der Waals surface area contributed by atoms with Gasteiger partial charge in [-0.2, -0.15) is 0 Å². The standard InChI is InChI=1S/C18H23N3O5/c1-25-14-6-4-12(5-7-14)16-15(18(24)19-13(10-22)11-23)17(20-26-16)21-8-2-3-9-21/h4-7,13,22-23H,2-3,8-11H2,1H3,(H,19,24). The first-order chi connectivity index (χ1) is 12.7. The van der Waals surface area contributed by atoms with Crippen molar-refractivity contribution < 1.29 is 24.3 Å². The molecule has 1 saturated heterocycles. The summed E-state index contributed by atoms with van der Waals surface area (Å²) in [6, 6.07) is 6.39. The minimum Gasteiger partial charge on any atom is -0.497 e. The van der Waals surface area contributed by atoms with Crippen molar-refractivity contribution in [3.63, 3.8) is 0 Å². The Morgan fingerprint density at radius 3 is 2.50 bits per heavy atom. The lowest BCUT2D eigenvalue weighted by atomic mass is 10.1. The number of amides is 1. The summed E-state index contributed by atoms with van der Waals surface area (Å²) in [7, 11) is 1.58. The molecular weight excluding hydrogens is 338 g/mol. The van der Waals surface area contributed by atoms with Crippen LogP contribution in [0, 0.1) is 0 Å². The van der Waals surface area contributed by atoms with Gasteiger partial charge in [0.15, 0.2) is 11.6 Å². The van der Waals surface area contributed by atoms with Crippen LogP contribution in [-0.2, 0) is 0 Å². The van der Waals surface area contributed by atoms with Gasteiger partial charge in [-0.05, 0) is 37.1 Å². The Bertz CT molecular complexity index is 734. The van der Waals surface area contributed by atoms with Crippen LogP contribution in [0.2, 0.25) is 0 Å². The van der Waals surface area contributed by atoms with Crippen molar-refractivity contribution in [1.29, 1.82) is 0 Å². The highest BCUT2D eigenvalue weighted by Crippen LogP contribution is 2.33. The van der Waals surface area contributed by atoms with Crippen LogP contribution < -0.4 is 15.0 Å². The number of aliphatic hydroxyl groups excluding tert-OH is 2. The molecule has 1 amide bonds. The third-order valence-electron chi connectivity index (χ3n) is 4.43. The first-order valence-electron chi connectivity index (χ1n) is 8.59. The minimum atomic E-state index is -0.743. The first kappa shape index (κ1) is 18.2. The molecule has 0 unspecified atom stereocenters. The molecule has 3 rings (SSSR count). The van der Waals surface area contributed by atoms with Crippen molar-refractivity contribution in [1.82, 2.24) is 10.5 Å². The second-order valence-corrected chi connectivity index (χ2v) is 6.17. The van der Waals surface area contributed by atoms with E-state index in [1.165, 1.54) is 0 Å². The topological polar surface area (TPSA) is 108 Å². The Morgan fingerprint density at radius 2 is 1.92 bits per heavy atom. The van der Waals surface area contributed by atoms with E-state index in [-0.39, 0.29) is 13.2 Å². The first-order valence-corrected chi connectivity index (χ1v) is 8.59. The number of anilines is 1. The van der Waals surface area contributed by atoms with Gasteiger partial charge in [-0.25, -0.2) is 0 Å². The summed E-state index contributed by atoms with van der Waals surface area (Å²) >= 11 is 0. The predicted molar refractivity (Wildman–Crippen MR) is 95.4 cm³/mol. The summed E-state index contributed by atoms with van der Waals surface area (Å²) in [6.07, 6.45) is 2.06. The number of benzene rings is 1. The Hall–Kier alpha value is -2.58. The molecular formula is C18H23N3O5. The number of aliphatic hydroxyl groups is 2. The van der Waals surface area contributed by atoms with Gasteiger partial charge in [-0.3, -0.25) is 4.79 Å². The molecule has 0 radical (unpaired) electrons. The van der Waals surface area contributed by atoms with Crippen molar-refractivity contribution in [2.75, 3.05) is 38.3 Å². The van der Waals surface area contributed by atoms with Crippen LogP contribution in [-0.4, -0.2) is 60.7 Å². The number of nitrogens with zero attached hydrogens (tertiary/aromatic N) is 2. The maximum absolute atomic E-state index is 12.8. The van der Waals surface area contributed by atoms with Crippen molar-refractivity contribution >= 4 is 11.7 Å². The summed E-state index contributed by atoms with van der Waals surface area (Å²) in [5.74, 6) is 1.09. The van der Waals surface area contributed by atoms with E-state index in [0.29, 0.717) is 28.5 Å². The Labute approximate surface area is 151 Å². The molecule has 0 aliphatic carbocycles. The van der Waals surface area contributed by atoms with Crippen LogP contribution in [0.5, 0.6) is 5.75 Å². The Morgan fingerprint density at radius 1 is 1.27 bits per heavy atom. The van der Waals surface area contributed by atoms with Gasteiger partial charge in [0.1, 0.15) is 11.3 Å². The van der Waals surface area contributed by atoms with Crippen LogP contribution >= 0.6 is 0 Å². The molecule has 0 saturated carbocycles. The Kier molecular flexibility index (Phi) is 5.75. The molecule has 0 spiro atoms. The lowest BCUT2D eigenvalue weighted by Gasteiger charge is -2.17. The highest BCUT2D eigenvalue weighted by atomic mass is 16.5. The number of ether oxygens (including phenoxy) is 1. The zero-order valence-electron chi connectivity index (χ0n) is 14.6. The van der Waals surface area contributed by atoms with E-state index in [0.717, 1.165) is 25.9 Å². The number of methoxy groups -OCH3 is 1. The number of rotatable bonds is 7. The van der Waals surface area contributed by atoms with Gasteiger partial charge in [0.2, 0.25) is 0 Å². The molecule has 26 heavy (non-hydrogen) atoms. The highest BCUT2D eigenvalue weighted by molar-refractivity contribution is 6.04. The second kappa shape index (κ2) is 8.20. The molecule has 140 valence electrons. The number of nitrogens with one attached hydrogen (secondary N) is 1. The molecule has 3 N–H and O–H groups in total. The van der Waals surface area contributed by atoms with Crippen molar-refractivity contribution in [3.05, 3.63) is 29.8 Å². The third kappa shape index (κ3) is 3.66. The summed E-state index contributed by atoms with van der Waals surface area (Å²) < 4.78 is 10.7. The van der Waals surface area contributed by atoms with E-state index >= 15 is 0 Å². The van der Waals surface area contributed by atoms with Crippen LogP contribution in [0.1, 0.15) is 23.2 Å². The average Bonchev–Trinajstić information content (AvgIpc) is 3.35. The third-order valence-corrected chi connectivity index (χ3v) is 4.43. The highest BCUT2D eigenvalue weighted by Gasteiger charge is 2.30. The van der Waals surface area contributed by atoms with Crippen molar-refractivity contribution in [2.45, 2.75) is 18.9 Å². The van der Waals surface area contributed by atoms with E-state index in [9.17, 15) is 15.0 Å². The number of carbonyl (C=O) groups excluding carboxylic acids is 1. The summed E-state index contributed by atoms with van der Waals surface area (Å²) in [4.78, 5) is 14.9. The van der Waals surface area contributed by atoms with Crippen LogP contribution in [0.15, 0.2) is 28.8 Å². The van der Waals surface area contributed by atoms with Gasteiger partial charge >= 0.3 is 0 Å². The van der Waals surface area contributed by atoms with Gasteiger partial charge in [0, 0.05) is 18.7 Å². The molecule has 1 aliphatic rings. The maximum Gasteiger partial charge on any atom is 0.259 e. The van der Waals surface area contributed by atoms with Crippen LogP contribution in [0.25, 0.3) is 11.3 Å². The van der Waals surface area contributed by atoms with Crippen molar-refractivity contribution in [2.24, 2.45) is 0 Å². The molecule has 8 nitrogen and oxygen atoms in total. The summed E-state index contributed by atoms with van der Waals surface area (Å²) in [5, 5.41) is 25.3. The molecule has 1 fully saturated rings. The fraction of sp³-hybridized carbons (Fsp3) is 0.444. The zero-order valence-corrected chi connectivity index (χ0v) is 14.6. The fourth-order valence-corrected chi connectivity index (χ4v) is 2.98. The summed E-state index contributed by atoms with van der Waals surface area (Å²) in [5.41, 5.74) is 1.00. The quantitative estimate of drug-likeness (QED) is 0.676. The molecule has 0 bridgehead atoms. The monoisotopic (exact) mass is 361 g/mol. The van der Waals surface area contributed by atoms with E-state index in [1.54, 1.807) is 31.4 Å². The van der Waals surface area contributed by atoms with Gasteiger partial charge < -0.3 is 29.7 Å². The fourth-order valence-electron chi connectivity index (χ4n) is 2.98. The number of hydrogen-bond acceptors (Lipinski definition) is 7. The van der Waals surface area contributed by atoms with Crippen molar-refractivity contribution in [3.8, 4) is 17.1 Å². The molecule has 2 aromatic rings. The molecule has 8 heteroatoms. The largest absolute Gasteiger partial charge is 0.497 e. The van der Waals surface area contributed by atoms with Crippen LogP contribution in [0.4, 0.5) is 5.82 Å². The van der Waals surface area contributed by atoms with E-state index < -0.39 is 11.9 Å². The molecule has 2 heterocycles. The Balaban J connectivity index is 1.99. The van der Waals surface area contributed by atoms with Gasteiger partial charge in [-0.1, -0.05) is 5.16 Å². The van der Waals surface area contributed by atoms with Gasteiger partial charge in [-0.15, -0.1) is 0 Å². The second-order valence-electron chi connectivity index (χ2n) is 6.17. The lowest BCUT2D eigenvalue weighted by molar-refractivity contribution is 0.0880. The minimum absolute atomic E-state index is 0.309. The summed E-state index contributed by atoms with van der Waals surface area (Å²) in [6.45, 7) is 0.894. The van der Waals surface area contributed by atoms with E-state index in [1.807, 2.05) is 4.90 Å². The number of carbonyl (C=O) groups is 1. The van der Waals surface area contributed by atoms with Gasteiger partial charge in [0.05, 0.1) is 26.4 Å². The molecule has 0 atom stereocenters. The number of hydrogen-bond donors (Lipinski definition) is 3. The number of aromatic nitrogens is 1. The average molecular weight is 361 g/mol. The smallest absolute Gasteiger partial charge is 0.259 e. The molecule has 1 aromatic heterocycles. The zero-order chi connectivity index (χ0) is 18.5.